The summed E-state index contributed by atoms with van der Waals surface area (Å²) in [5, 5.41) is 2.59. The second kappa shape index (κ2) is 4.04. The molecule has 0 unspecified atom stereocenters. The van der Waals surface area contributed by atoms with Crippen molar-refractivity contribution in [2.45, 2.75) is 13.8 Å². The summed E-state index contributed by atoms with van der Waals surface area (Å²) in [5.74, 6) is 0. The van der Waals surface area contributed by atoms with Crippen molar-refractivity contribution in [3.63, 3.8) is 0 Å². The zero-order valence-corrected chi connectivity index (χ0v) is 11.6. The Labute approximate surface area is 118 Å². The van der Waals surface area contributed by atoms with E-state index >= 15 is 0 Å². The molecule has 0 N–H and O–H groups in total. The van der Waals surface area contributed by atoms with Crippen LogP contribution in [0, 0.1) is 0 Å². The maximum Gasteiger partial charge on any atom is 0.0741 e. The highest BCUT2D eigenvalue weighted by Crippen LogP contribution is 2.42. The predicted octanol–water partition coefficient (Wildman–Crippen LogP) is 4.91. The van der Waals surface area contributed by atoms with Crippen LogP contribution in [0.2, 0.25) is 0 Å². The molecule has 0 spiro atoms. The Morgan fingerprint density at radius 1 is 0.800 bits per heavy atom. The van der Waals surface area contributed by atoms with Crippen molar-refractivity contribution in [3.8, 4) is 0 Å². The Kier molecular flexibility index (Phi) is 2.31. The van der Waals surface area contributed by atoms with Crippen molar-refractivity contribution in [1.29, 1.82) is 0 Å². The third kappa shape index (κ3) is 1.53. The molecule has 1 nitrogen and oxygen atoms in total. The largest absolute Gasteiger partial charge is 0.253 e. The lowest BCUT2D eigenvalue weighted by Crippen LogP contribution is -1.88. The molecule has 0 atom stereocenters. The summed E-state index contributed by atoms with van der Waals surface area (Å²) in [5.41, 5.74) is 7.38. The lowest BCUT2D eigenvalue weighted by atomic mass is 9.94. The van der Waals surface area contributed by atoms with Crippen LogP contribution >= 0.6 is 0 Å². The second-order valence-corrected chi connectivity index (χ2v) is 5.43. The minimum Gasteiger partial charge on any atom is -0.253 e. The first-order valence-corrected chi connectivity index (χ1v) is 6.92. The fraction of sp³-hybridized carbons (Fsp3) is 0.105. The van der Waals surface area contributed by atoms with Crippen LogP contribution in [-0.4, -0.2) is 5.71 Å². The minimum absolute atomic E-state index is 1.10. The fourth-order valence-electron chi connectivity index (χ4n) is 3.10. The molecule has 1 aliphatic heterocycles. The highest BCUT2D eigenvalue weighted by molar-refractivity contribution is 6.09. The first-order valence-electron chi connectivity index (χ1n) is 6.92. The van der Waals surface area contributed by atoms with Crippen molar-refractivity contribution in [3.05, 3.63) is 77.0 Å². The number of hydrogen-bond acceptors (Lipinski definition) is 1. The molecule has 4 rings (SSSR count). The zero-order chi connectivity index (χ0) is 13.7. The van der Waals surface area contributed by atoms with Gasteiger partial charge < -0.3 is 0 Å². The molecule has 0 saturated heterocycles. The maximum atomic E-state index is 4.64. The van der Waals surface area contributed by atoms with E-state index in [0.29, 0.717) is 0 Å². The van der Waals surface area contributed by atoms with E-state index in [1.54, 1.807) is 0 Å². The van der Waals surface area contributed by atoms with Gasteiger partial charge in [-0.3, -0.25) is 4.99 Å². The van der Waals surface area contributed by atoms with Crippen LogP contribution in [0.25, 0.3) is 16.3 Å². The van der Waals surface area contributed by atoms with Crippen LogP contribution in [0.4, 0.5) is 0 Å². The number of allylic oxidation sites excluding steroid dienone is 4. The van der Waals surface area contributed by atoms with Crippen molar-refractivity contribution < 1.29 is 0 Å². The van der Waals surface area contributed by atoms with Gasteiger partial charge in [-0.15, -0.1) is 0 Å². The molecule has 0 amide bonds. The molecule has 0 bridgehead atoms. The molecule has 20 heavy (non-hydrogen) atoms. The molecule has 0 fully saturated rings. The van der Waals surface area contributed by atoms with E-state index in [4.69, 9.17) is 0 Å². The molecular formula is C19H15N. The Hall–Kier alpha value is -2.41. The molecule has 2 aromatic carbocycles. The molecule has 1 heterocycles. The Morgan fingerprint density at radius 2 is 1.60 bits per heavy atom. The Morgan fingerprint density at radius 3 is 2.50 bits per heavy atom. The van der Waals surface area contributed by atoms with Gasteiger partial charge in [-0.1, -0.05) is 42.5 Å². The molecule has 2 aromatic rings. The molecule has 1 aliphatic carbocycles. The van der Waals surface area contributed by atoms with Gasteiger partial charge in [-0.25, -0.2) is 0 Å². The topological polar surface area (TPSA) is 12.4 Å². The van der Waals surface area contributed by atoms with Gasteiger partial charge >= 0.3 is 0 Å². The highest BCUT2D eigenvalue weighted by Gasteiger charge is 2.25. The van der Waals surface area contributed by atoms with E-state index in [-0.39, 0.29) is 0 Å². The molecule has 0 saturated carbocycles. The quantitative estimate of drug-likeness (QED) is 0.688. The Balaban J connectivity index is 1.95. The summed E-state index contributed by atoms with van der Waals surface area (Å²) in [6, 6.07) is 15.1. The van der Waals surface area contributed by atoms with Gasteiger partial charge in [0.15, 0.2) is 0 Å². The van der Waals surface area contributed by atoms with E-state index in [2.05, 4.69) is 73.5 Å². The monoisotopic (exact) mass is 257 g/mol. The lowest BCUT2D eigenvalue weighted by molar-refractivity contribution is 1.34. The van der Waals surface area contributed by atoms with E-state index in [1.165, 1.54) is 33.1 Å². The zero-order valence-electron chi connectivity index (χ0n) is 11.6. The van der Waals surface area contributed by atoms with Gasteiger partial charge in [0.25, 0.3) is 0 Å². The minimum atomic E-state index is 1.10. The molecular weight excluding hydrogens is 242 g/mol. The van der Waals surface area contributed by atoms with E-state index in [1.807, 2.05) is 0 Å². The maximum absolute atomic E-state index is 4.64. The number of rotatable bonds is 1. The van der Waals surface area contributed by atoms with E-state index in [9.17, 15) is 0 Å². The van der Waals surface area contributed by atoms with Crippen molar-refractivity contribution in [1.82, 2.24) is 0 Å². The third-order valence-electron chi connectivity index (χ3n) is 4.00. The third-order valence-corrected chi connectivity index (χ3v) is 4.00. The van der Waals surface area contributed by atoms with Gasteiger partial charge in [0.05, 0.1) is 5.70 Å². The van der Waals surface area contributed by atoms with Crippen LogP contribution in [0.5, 0.6) is 0 Å². The number of nitrogens with zero attached hydrogens (tertiary/aromatic N) is 1. The second-order valence-electron chi connectivity index (χ2n) is 5.43. The van der Waals surface area contributed by atoms with E-state index in [0.717, 1.165) is 11.4 Å². The van der Waals surface area contributed by atoms with Crippen LogP contribution < -0.4 is 0 Å². The van der Waals surface area contributed by atoms with Crippen molar-refractivity contribution in [2.75, 3.05) is 0 Å². The normalized spacial score (nSPS) is 17.2. The summed E-state index contributed by atoms with van der Waals surface area (Å²) in [7, 11) is 0. The van der Waals surface area contributed by atoms with Crippen molar-refractivity contribution in [2.24, 2.45) is 4.99 Å². The van der Waals surface area contributed by atoms with Gasteiger partial charge in [-0.2, -0.15) is 0 Å². The SMILES string of the molecule is CC1=NC2=C(C)C=C(c3cccc4ccccc34)C2=C1. The smallest absolute Gasteiger partial charge is 0.0741 e. The summed E-state index contributed by atoms with van der Waals surface area (Å²) >= 11 is 0. The molecule has 0 aromatic heterocycles. The Bertz CT molecular complexity index is 855. The summed E-state index contributed by atoms with van der Waals surface area (Å²) in [4.78, 5) is 4.64. The standard InChI is InChI=1S/C19H15N/c1-12-10-17(18-11-13(2)20-19(12)18)16-9-5-7-14-6-3-4-8-15(14)16/h3-11H,1-2H3. The van der Waals surface area contributed by atoms with Crippen LogP contribution in [0.1, 0.15) is 19.4 Å². The average Bonchev–Trinajstić information content (AvgIpc) is 2.98. The first kappa shape index (κ1) is 11.4. The lowest BCUT2D eigenvalue weighted by Gasteiger charge is -2.09. The molecule has 0 radical (unpaired) electrons. The molecule has 96 valence electrons. The van der Waals surface area contributed by atoms with Gasteiger partial charge in [0.1, 0.15) is 0 Å². The van der Waals surface area contributed by atoms with Gasteiger partial charge in [-0.05, 0) is 53.5 Å². The van der Waals surface area contributed by atoms with E-state index < -0.39 is 0 Å². The number of hydrogen-bond donors (Lipinski definition) is 0. The molecule has 1 heteroatoms. The van der Waals surface area contributed by atoms with Crippen LogP contribution in [-0.2, 0) is 0 Å². The van der Waals surface area contributed by atoms with Gasteiger partial charge in [0, 0.05) is 11.3 Å². The fourth-order valence-corrected chi connectivity index (χ4v) is 3.10. The summed E-state index contributed by atoms with van der Waals surface area (Å²) < 4.78 is 0. The summed E-state index contributed by atoms with van der Waals surface area (Å²) in [6.45, 7) is 4.20. The predicted molar refractivity (Wildman–Crippen MR) is 85.8 cm³/mol. The van der Waals surface area contributed by atoms with Crippen molar-refractivity contribution >= 4 is 22.1 Å². The molecule has 2 aliphatic rings. The average molecular weight is 257 g/mol. The number of fused-ring (bicyclic) bond motifs is 2. The highest BCUT2D eigenvalue weighted by atomic mass is 14.8. The number of benzene rings is 2. The number of aliphatic imine (C=N–C) groups is 1. The summed E-state index contributed by atoms with van der Waals surface area (Å²) in [6.07, 6.45) is 4.46. The first-order chi connectivity index (χ1) is 9.74. The van der Waals surface area contributed by atoms with Crippen LogP contribution in [0.3, 0.4) is 0 Å². The van der Waals surface area contributed by atoms with Gasteiger partial charge in [0.2, 0.25) is 0 Å². The van der Waals surface area contributed by atoms with Crippen LogP contribution in [0.15, 0.2) is 76.5 Å².